The Morgan fingerprint density at radius 3 is 2.50 bits per heavy atom. The molecule has 0 bridgehead atoms. The number of hydrogen-bond acceptors (Lipinski definition) is 2. The minimum atomic E-state index is 0.408. The Bertz CT molecular complexity index is 419. The van der Waals surface area contributed by atoms with Gasteiger partial charge in [-0.1, -0.05) is 23.7 Å². The van der Waals surface area contributed by atoms with Crippen molar-refractivity contribution in [2.45, 2.75) is 6.54 Å². The molecule has 0 saturated heterocycles. The van der Waals surface area contributed by atoms with Crippen molar-refractivity contribution in [3.63, 3.8) is 0 Å². The van der Waals surface area contributed by atoms with Gasteiger partial charge in [0.25, 0.3) is 0 Å². The van der Waals surface area contributed by atoms with Crippen LogP contribution >= 0.6 is 11.6 Å². The first-order valence-electron chi connectivity index (χ1n) is 4.33. The second kappa shape index (κ2) is 3.86. The van der Waals surface area contributed by atoms with Gasteiger partial charge in [0, 0.05) is 10.6 Å². The maximum Gasteiger partial charge on any atom is 0.125 e. The Hall–Kier alpha value is -1.25. The summed E-state index contributed by atoms with van der Waals surface area (Å²) in [5.74, 6) is 0.798. The van der Waals surface area contributed by atoms with E-state index in [0.29, 0.717) is 6.54 Å². The van der Waals surface area contributed by atoms with Crippen molar-refractivity contribution < 1.29 is 4.42 Å². The molecule has 0 aliphatic rings. The van der Waals surface area contributed by atoms with Gasteiger partial charge in [0.1, 0.15) is 5.76 Å². The van der Waals surface area contributed by atoms with Gasteiger partial charge in [-0.05, 0) is 23.8 Å². The van der Waals surface area contributed by atoms with Crippen LogP contribution in [0, 0.1) is 0 Å². The molecule has 72 valence electrons. The van der Waals surface area contributed by atoms with E-state index < -0.39 is 0 Å². The summed E-state index contributed by atoms with van der Waals surface area (Å²) in [6.45, 7) is 0.408. The zero-order valence-electron chi connectivity index (χ0n) is 7.53. The molecule has 14 heavy (non-hydrogen) atoms. The topological polar surface area (TPSA) is 39.2 Å². The molecule has 0 fully saturated rings. The first-order chi connectivity index (χ1) is 6.81. The van der Waals surface area contributed by atoms with E-state index in [1.54, 1.807) is 6.26 Å². The summed E-state index contributed by atoms with van der Waals surface area (Å²) in [6.07, 6.45) is 1.64. The average Bonchev–Trinajstić information content (AvgIpc) is 2.67. The first-order valence-corrected chi connectivity index (χ1v) is 4.71. The van der Waals surface area contributed by atoms with Crippen molar-refractivity contribution in [1.29, 1.82) is 0 Å². The summed E-state index contributed by atoms with van der Waals surface area (Å²) in [5, 5.41) is 0.728. The highest BCUT2D eigenvalue weighted by Gasteiger charge is 2.06. The number of furan rings is 1. The summed E-state index contributed by atoms with van der Waals surface area (Å²) < 4.78 is 5.24. The molecule has 3 heteroatoms. The third-order valence-corrected chi connectivity index (χ3v) is 2.34. The SMILES string of the molecule is NCc1occc1-c1ccc(Cl)cc1. The number of halogens is 1. The van der Waals surface area contributed by atoms with Crippen LogP contribution < -0.4 is 5.73 Å². The minimum absolute atomic E-state index is 0.408. The molecule has 1 heterocycles. The van der Waals surface area contributed by atoms with Crippen molar-refractivity contribution in [2.75, 3.05) is 0 Å². The van der Waals surface area contributed by atoms with Crippen LogP contribution in [-0.4, -0.2) is 0 Å². The predicted molar refractivity (Wildman–Crippen MR) is 57.0 cm³/mol. The van der Waals surface area contributed by atoms with Crippen LogP contribution in [0.15, 0.2) is 41.0 Å². The van der Waals surface area contributed by atoms with Gasteiger partial charge >= 0.3 is 0 Å². The van der Waals surface area contributed by atoms with Crippen molar-refractivity contribution >= 4 is 11.6 Å². The summed E-state index contributed by atoms with van der Waals surface area (Å²) in [4.78, 5) is 0. The Labute approximate surface area is 87.3 Å². The van der Waals surface area contributed by atoms with E-state index in [1.807, 2.05) is 30.3 Å². The Morgan fingerprint density at radius 2 is 1.86 bits per heavy atom. The molecule has 1 aromatic carbocycles. The highest BCUT2D eigenvalue weighted by molar-refractivity contribution is 6.30. The number of nitrogens with two attached hydrogens (primary N) is 1. The zero-order chi connectivity index (χ0) is 9.97. The molecule has 2 nitrogen and oxygen atoms in total. The third kappa shape index (κ3) is 1.67. The molecule has 2 N–H and O–H groups in total. The summed E-state index contributed by atoms with van der Waals surface area (Å²) in [5.41, 5.74) is 7.65. The molecule has 0 radical (unpaired) electrons. The molecule has 0 amide bonds. The first kappa shape index (κ1) is 9.31. The fourth-order valence-corrected chi connectivity index (χ4v) is 1.51. The second-order valence-electron chi connectivity index (χ2n) is 2.97. The molecule has 0 aliphatic heterocycles. The number of benzene rings is 1. The molecule has 2 rings (SSSR count). The lowest BCUT2D eigenvalue weighted by Crippen LogP contribution is -1.95. The lowest BCUT2D eigenvalue weighted by atomic mass is 10.1. The normalized spacial score (nSPS) is 10.4. The van der Waals surface area contributed by atoms with E-state index in [0.717, 1.165) is 21.9 Å². The molecular formula is C11H10ClNO. The van der Waals surface area contributed by atoms with Gasteiger partial charge in [0.15, 0.2) is 0 Å². The smallest absolute Gasteiger partial charge is 0.125 e. The molecular weight excluding hydrogens is 198 g/mol. The fraction of sp³-hybridized carbons (Fsp3) is 0.0909. The van der Waals surface area contributed by atoms with E-state index >= 15 is 0 Å². The van der Waals surface area contributed by atoms with Crippen LogP contribution in [0.4, 0.5) is 0 Å². The quantitative estimate of drug-likeness (QED) is 0.822. The van der Waals surface area contributed by atoms with Crippen LogP contribution in [-0.2, 0) is 6.54 Å². The summed E-state index contributed by atoms with van der Waals surface area (Å²) in [6, 6.07) is 9.51. The zero-order valence-corrected chi connectivity index (χ0v) is 8.29. The largest absolute Gasteiger partial charge is 0.467 e. The van der Waals surface area contributed by atoms with Crippen LogP contribution in [0.5, 0.6) is 0 Å². The van der Waals surface area contributed by atoms with Gasteiger partial charge in [-0.25, -0.2) is 0 Å². The van der Waals surface area contributed by atoms with Gasteiger partial charge in [-0.3, -0.25) is 0 Å². The van der Waals surface area contributed by atoms with Crippen LogP contribution in [0.2, 0.25) is 5.02 Å². The van der Waals surface area contributed by atoms with E-state index in [4.69, 9.17) is 21.8 Å². The Morgan fingerprint density at radius 1 is 1.14 bits per heavy atom. The van der Waals surface area contributed by atoms with Gasteiger partial charge in [0.2, 0.25) is 0 Å². The molecule has 0 saturated carbocycles. The molecule has 0 atom stereocenters. The van der Waals surface area contributed by atoms with Crippen molar-refractivity contribution in [1.82, 2.24) is 0 Å². The van der Waals surface area contributed by atoms with Crippen LogP contribution in [0.25, 0.3) is 11.1 Å². The molecule has 1 aromatic heterocycles. The number of rotatable bonds is 2. The maximum atomic E-state index is 5.80. The highest BCUT2D eigenvalue weighted by atomic mass is 35.5. The van der Waals surface area contributed by atoms with Gasteiger partial charge in [0.05, 0.1) is 12.8 Å². The number of hydrogen-bond donors (Lipinski definition) is 1. The van der Waals surface area contributed by atoms with Crippen LogP contribution in [0.3, 0.4) is 0 Å². The highest BCUT2D eigenvalue weighted by Crippen LogP contribution is 2.25. The lowest BCUT2D eigenvalue weighted by molar-refractivity contribution is 0.513. The van der Waals surface area contributed by atoms with Gasteiger partial charge < -0.3 is 10.2 Å². The predicted octanol–water partition coefficient (Wildman–Crippen LogP) is 3.06. The molecule has 0 aliphatic carbocycles. The third-order valence-electron chi connectivity index (χ3n) is 2.09. The summed E-state index contributed by atoms with van der Waals surface area (Å²) in [7, 11) is 0. The maximum absolute atomic E-state index is 5.80. The Kier molecular flexibility index (Phi) is 2.57. The van der Waals surface area contributed by atoms with E-state index in [2.05, 4.69) is 0 Å². The van der Waals surface area contributed by atoms with Crippen molar-refractivity contribution in [3.8, 4) is 11.1 Å². The van der Waals surface area contributed by atoms with Gasteiger partial charge in [-0.15, -0.1) is 0 Å². The average molecular weight is 208 g/mol. The monoisotopic (exact) mass is 207 g/mol. The van der Waals surface area contributed by atoms with Crippen molar-refractivity contribution in [2.24, 2.45) is 5.73 Å². The van der Waals surface area contributed by atoms with E-state index in [-0.39, 0.29) is 0 Å². The van der Waals surface area contributed by atoms with E-state index in [9.17, 15) is 0 Å². The minimum Gasteiger partial charge on any atom is -0.467 e. The standard InChI is InChI=1S/C11H10ClNO/c12-9-3-1-8(2-4-9)10-5-6-14-11(10)7-13/h1-6H,7,13H2. The van der Waals surface area contributed by atoms with Crippen molar-refractivity contribution in [3.05, 3.63) is 47.4 Å². The van der Waals surface area contributed by atoms with Crippen LogP contribution in [0.1, 0.15) is 5.76 Å². The summed E-state index contributed by atoms with van der Waals surface area (Å²) >= 11 is 5.80. The fourth-order valence-electron chi connectivity index (χ4n) is 1.39. The van der Waals surface area contributed by atoms with Gasteiger partial charge in [-0.2, -0.15) is 0 Å². The second-order valence-corrected chi connectivity index (χ2v) is 3.40. The molecule has 0 unspecified atom stereocenters. The molecule has 2 aromatic rings. The Balaban J connectivity index is 2.44. The lowest BCUT2D eigenvalue weighted by Gasteiger charge is -2.00. The molecule has 0 spiro atoms. The van der Waals surface area contributed by atoms with E-state index in [1.165, 1.54) is 0 Å².